The first-order chi connectivity index (χ1) is 11.9. The van der Waals surface area contributed by atoms with Gasteiger partial charge < -0.3 is 10.6 Å². The smallest absolute Gasteiger partial charge is 0.210 e. The second-order valence-electron chi connectivity index (χ2n) is 6.47. The molecule has 25 heavy (non-hydrogen) atoms. The highest BCUT2D eigenvalue weighted by Gasteiger charge is 2.29. The second-order valence-corrected chi connectivity index (χ2v) is 8.20. The summed E-state index contributed by atoms with van der Waals surface area (Å²) in [4.78, 5) is 6.76. The highest BCUT2D eigenvalue weighted by atomic mass is 32.2. The average Bonchev–Trinajstić information content (AvgIpc) is 2.87. The molecule has 7 nitrogen and oxygen atoms in total. The molecule has 1 aliphatic heterocycles. The van der Waals surface area contributed by atoms with Crippen LogP contribution in [0.15, 0.2) is 35.3 Å². The fourth-order valence-corrected chi connectivity index (χ4v) is 3.39. The highest BCUT2D eigenvalue weighted by Crippen LogP contribution is 2.20. The van der Waals surface area contributed by atoms with Gasteiger partial charge in [-0.05, 0) is 25.8 Å². The Labute approximate surface area is 150 Å². The molecule has 1 aliphatic rings. The van der Waals surface area contributed by atoms with E-state index in [1.165, 1.54) is 5.56 Å². The van der Waals surface area contributed by atoms with Crippen molar-refractivity contribution in [2.75, 3.05) is 25.4 Å². The fraction of sp³-hybridized carbons (Fsp3) is 0.588. The maximum absolute atomic E-state index is 11.0. The number of nitrogens with zero attached hydrogens (tertiary/aromatic N) is 2. The van der Waals surface area contributed by atoms with Crippen LogP contribution in [0.5, 0.6) is 0 Å². The number of hydrogen-bond donors (Lipinski definition) is 3. The Bertz CT molecular complexity index is 663. The Morgan fingerprint density at radius 1 is 1.36 bits per heavy atom. The Kier molecular flexibility index (Phi) is 7.22. The minimum Gasteiger partial charge on any atom is -0.357 e. The standard InChI is InChI=1S/C17H29N5O2S/c1-3-19-17(20-9-10-25(18,23)24)21-16-11-14(2)22(13-16)12-15-7-5-4-6-8-15/h4-8,14,16H,3,9-13H2,1-2H3,(H2,18,23,24)(H2,19,20,21). The molecule has 1 saturated heterocycles. The number of hydrogen-bond acceptors (Lipinski definition) is 4. The van der Waals surface area contributed by atoms with Crippen LogP contribution >= 0.6 is 0 Å². The molecule has 0 spiro atoms. The molecule has 4 N–H and O–H groups in total. The minimum atomic E-state index is -3.48. The molecule has 140 valence electrons. The largest absolute Gasteiger partial charge is 0.357 e. The van der Waals surface area contributed by atoms with Crippen LogP contribution in [0.3, 0.4) is 0 Å². The molecule has 8 heteroatoms. The van der Waals surface area contributed by atoms with Crippen LogP contribution in [-0.2, 0) is 16.6 Å². The fourth-order valence-electron chi connectivity index (χ4n) is 3.04. The van der Waals surface area contributed by atoms with Gasteiger partial charge in [-0.25, -0.2) is 13.6 Å². The van der Waals surface area contributed by atoms with Crippen molar-refractivity contribution in [3.63, 3.8) is 0 Å². The van der Waals surface area contributed by atoms with E-state index in [0.29, 0.717) is 12.0 Å². The van der Waals surface area contributed by atoms with Gasteiger partial charge >= 0.3 is 0 Å². The van der Waals surface area contributed by atoms with Gasteiger partial charge in [-0.1, -0.05) is 30.3 Å². The molecule has 1 fully saturated rings. The zero-order chi connectivity index (χ0) is 18.3. The molecule has 0 aliphatic carbocycles. The van der Waals surface area contributed by atoms with Gasteiger partial charge in [0.2, 0.25) is 10.0 Å². The molecule has 1 aromatic rings. The van der Waals surface area contributed by atoms with Crippen molar-refractivity contribution < 1.29 is 8.42 Å². The van der Waals surface area contributed by atoms with E-state index in [4.69, 9.17) is 5.14 Å². The average molecular weight is 368 g/mol. The van der Waals surface area contributed by atoms with Crippen molar-refractivity contribution in [3.05, 3.63) is 35.9 Å². The Balaban J connectivity index is 1.90. The van der Waals surface area contributed by atoms with Gasteiger partial charge in [-0.3, -0.25) is 9.89 Å². The van der Waals surface area contributed by atoms with Crippen LogP contribution in [0.1, 0.15) is 25.8 Å². The summed E-state index contributed by atoms with van der Waals surface area (Å²) >= 11 is 0. The molecule has 0 amide bonds. The Hall–Kier alpha value is -1.64. The van der Waals surface area contributed by atoms with Gasteiger partial charge in [0.1, 0.15) is 0 Å². The summed E-state index contributed by atoms with van der Waals surface area (Å²) in [7, 11) is -3.48. The van der Waals surface area contributed by atoms with Crippen LogP contribution < -0.4 is 15.8 Å². The number of benzene rings is 1. The maximum Gasteiger partial charge on any atom is 0.210 e. The van der Waals surface area contributed by atoms with E-state index in [2.05, 4.69) is 51.7 Å². The molecular weight excluding hydrogens is 338 g/mol. The topological polar surface area (TPSA) is 99.8 Å². The first kappa shape index (κ1) is 19.7. The summed E-state index contributed by atoms with van der Waals surface area (Å²) < 4.78 is 22.1. The predicted molar refractivity (Wildman–Crippen MR) is 102 cm³/mol. The zero-order valence-electron chi connectivity index (χ0n) is 15.0. The molecule has 0 bridgehead atoms. The number of nitrogens with one attached hydrogen (secondary N) is 2. The number of sulfonamides is 1. The summed E-state index contributed by atoms with van der Waals surface area (Å²) in [5.74, 6) is 0.495. The quantitative estimate of drug-likeness (QED) is 0.481. The lowest BCUT2D eigenvalue weighted by Crippen LogP contribution is -2.44. The molecule has 2 unspecified atom stereocenters. The third kappa shape index (κ3) is 7.01. The predicted octanol–water partition coefficient (Wildman–Crippen LogP) is 0.493. The Morgan fingerprint density at radius 3 is 2.72 bits per heavy atom. The van der Waals surface area contributed by atoms with Crippen molar-refractivity contribution in [2.45, 2.75) is 38.9 Å². The van der Waals surface area contributed by atoms with Crippen LogP contribution in [0.4, 0.5) is 0 Å². The summed E-state index contributed by atoms with van der Waals surface area (Å²) in [6, 6.07) is 11.2. The summed E-state index contributed by atoms with van der Waals surface area (Å²) in [5, 5.41) is 11.6. The second kappa shape index (κ2) is 9.17. The first-order valence-electron chi connectivity index (χ1n) is 8.70. The van der Waals surface area contributed by atoms with E-state index >= 15 is 0 Å². The SMILES string of the molecule is CCNC(=NCCS(N)(=O)=O)NC1CC(C)N(Cc2ccccc2)C1. The first-order valence-corrected chi connectivity index (χ1v) is 10.4. The molecule has 1 heterocycles. The van der Waals surface area contributed by atoms with Gasteiger partial charge in [0.05, 0.1) is 12.3 Å². The summed E-state index contributed by atoms with van der Waals surface area (Å²) in [5.41, 5.74) is 1.31. The van der Waals surface area contributed by atoms with E-state index in [1.54, 1.807) is 0 Å². The van der Waals surface area contributed by atoms with Crippen molar-refractivity contribution >= 4 is 16.0 Å². The van der Waals surface area contributed by atoms with Crippen molar-refractivity contribution in [1.29, 1.82) is 0 Å². The van der Waals surface area contributed by atoms with Crippen LogP contribution in [0, 0.1) is 0 Å². The van der Waals surface area contributed by atoms with Gasteiger partial charge in [-0.2, -0.15) is 0 Å². The van der Waals surface area contributed by atoms with Gasteiger partial charge in [0, 0.05) is 31.7 Å². The zero-order valence-corrected chi connectivity index (χ0v) is 15.8. The molecule has 0 radical (unpaired) electrons. The third-order valence-electron chi connectivity index (χ3n) is 4.26. The number of likely N-dealkylation sites (tertiary alicyclic amines) is 1. The van der Waals surface area contributed by atoms with Crippen LogP contribution in [-0.4, -0.2) is 56.7 Å². The van der Waals surface area contributed by atoms with Gasteiger partial charge in [0.15, 0.2) is 5.96 Å². The van der Waals surface area contributed by atoms with Crippen LogP contribution in [0.2, 0.25) is 0 Å². The van der Waals surface area contributed by atoms with Crippen LogP contribution in [0.25, 0.3) is 0 Å². The third-order valence-corrected chi connectivity index (χ3v) is 5.01. The molecule has 2 rings (SSSR count). The lowest BCUT2D eigenvalue weighted by molar-refractivity contribution is 0.258. The number of aliphatic imine (C=N–C) groups is 1. The number of primary sulfonamides is 1. The number of nitrogens with two attached hydrogens (primary N) is 1. The van der Waals surface area contributed by atoms with Gasteiger partial charge in [-0.15, -0.1) is 0 Å². The summed E-state index contributed by atoms with van der Waals surface area (Å²) in [6.07, 6.45) is 1.02. The van der Waals surface area contributed by atoms with Gasteiger partial charge in [0.25, 0.3) is 0 Å². The monoisotopic (exact) mass is 367 g/mol. The van der Waals surface area contributed by atoms with E-state index < -0.39 is 10.0 Å². The Morgan fingerprint density at radius 2 is 2.08 bits per heavy atom. The molecular formula is C17H29N5O2S. The van der Waals surface area contributed by atoms with Crippen molar-refractivity contribution in [1.82, 2.24) is 15.5 Å². The highest BCUT2D eigenvalue weighted by molar-refractivity contribution is 7.89. The lowest BCUT2D eigenvalue weighted by atomic mass is 10.2. The van der Waals surface area contributed by atoms with E-state index in [-0.39, 0.29) is 18.3 Å². The van der Waals surface area contributed by atoms with E-state index in [1.807, 2.05) is 13.0 Å². The molecule has 1 aromatic carbocycles. The van der Waals surface area contributed by atoms with Crippen molar-refractivity contribution in [3.8, 4) is 0 Å². The summed E-state index contributed by atoms with van der Waals surface area (Å²) in [6.45, 7) is 6.95. The minimum absolute atomic E-state index is 0.148. The van der Waals surface area contributed by atoms with E-state index in [9.17, 15) is 8.42 Å². The number of rotatable bonds is 7. The number of guanidine groups is 1. The molecule has 2 atom stereocenters. The maximum atomic E-state index is 11.0. The van der Waals surface area contributed by atoms with Crippen molar-refractivity contribution in [2.24, 2.45) is 10.1 Å². The lowest BCUT2D eigenvalue weighted by Gasteiger charge is -2.21. The van der Waals surface area contributed by atoms with E-state index in [0.717, 1.165) is 26.1 Å². The normalized spacial score (nSPS) is 22.1. The molecule has 0 aromatic heterocycles. The molecule has 0 saturated carbocycles.